The lowest BCUT2D eigenvalue weighted by atomic mass is 9.73. The second kappa shape index (κ2) is 6.18. The first-order valence-electron chi connectivity index (χ1n) is 10.8. The molecule has 0 aromatic rings. The van der Waals surface area contributed by atoms with Crippen LogP contribution in [0.4, 0.5) is 0 Å². The molecule has 0 aromatic heterocycles. The third-order valence-corrected chi connectivity index (χ3v) is 8.20. The Hall–Kier alpha value is -0.650. The number of hydrogen-bond donors (Lipinski definition) is 1. The maximum absolute atomic E-state index is 12.9. The lowest BCUT2D eigenvalue weighted by Crippen LogP contribution is -2.49. The van der Waals surface area contributed by atoms with Crippen molar-refractivity contribution in [1.29, 1.82) is 0 Å². The first kappa shape index (κ1) is 17.4. The van der Waals surface area contributed by atoms with E-state index >= 15 is 0 Å². The highest BCUT2D eigenvalue weighted by Crippen LogP contribution is 2.55. The fraction of sp³-hybridized carbons (Fsp3) is 0.952. The molecule has 26 heavy (non-hydrogen) atoms. The SMILES string of the molecule is CN1CCC(C)(C(=O)NC[C@H]2[C@H]3CN(CC4CC4)C[C@]34CC[C@H]2O4)CC1. The Morgan fingerprint density at radius 1 is 1.19 bits per heavy atom. The number of fused-ring (bicyclic) bond motifs is 1. The van der Waals surface area contributed by atoms with Crippen LogP contribution in [0.1, 0.15) is 45.4 Å². The molecule has 0 radical (unpaired) electrons. The van der Waals surface area contributed by atoms with Crippen molar-refractivity contribution in [3.8, 4) is 0 Å². The van der Waals surface area contributed by atoms with E-state index in [1.54, 1.807) is 0 Å². The van der Waals surface area contributed by atoms with Gasteiger partial charge in [0.05, 0.1) is 11.7 Å². The minimum Gasteiger partial charge on any atom is -0.370 e. The number of amides is 1. The molecule has 5 aliphatic rings. The number of carbonyl (C=O) groups is 1. The molecule has 4 atom stereocenters. The molecule has 5 fully saturated rings. The molecule has 0 aromatic carbocycles. The van der Waals surface area contributed by atoms with Crippen molar-refractivity contribution < 1.29 is 9.53 Å². The maximum atomic E-state index is 12.9. The predicted molar refractivity (Wildman–Crippen MR) is 101 cm³/mol. The zero-order valence-corrected chi connectivity index (χ0v) is 16.5. The van der Waals surface area contributed by atoms with Gasteiger partial charge in [0, 0.05) is 43.4 Å². The van der Waals surface area contributed by atoms with Crippen LogP contribution in [0.2, 0.25) is 0 Å². The molecular formula is C21H35N3O2. The number of nitrogens with zero attached hydrogens (tertiary/aromatic N) is 2. The summed E-state index contributed by atoms with van der Waals surface area (Å²) in [5, 5.41) is 3.36. The molecule has 1 aliphatic carbocycles. The van der Waals surface area contributed by atoms with E-state index in [1.807, 2.05) is 0 Å². The van der Waals surface area contributed by atoms with E-state index in [0.717, 1.165) is 44.9 Å². The van der Waals surface area contributed by atoms with Gasteiger partial charge in [-0.2, -0.15) is 0 Å². The molecule has 1 N–H and O–H groups in total. The fourth-order valence-electron chi connectivity index (χ4n) is 6.13. The molecule has 2 bridgehead atoms. The predicted octanol–water partition coefficient (Wildman–Crippen LogP) is 1.72. The molecule has 4 saturated heterocycles. The lowest BCUT2D eigenvalue weighted by molar-refractivity contribution is -0.132. The van der Waals surface area contributed by atoms with Crippen LogP contribution < -0.4 is 5.32 Å². The van der Waals surface area contributed by atoms with E-state index in [9.17, 15) is 4.79 Å². The summed E-state index contributed by atoms with van der Waals surface area (Å²) in [6.07, 6.45) is 7.60. The van der Waals surface area contributed by atoms with E-state index in [4.69, 9.17) is 4.74 Å². The Kier molecular flexibility index (Phi) is 4.15. The summed E-state index contributed by atoms with van der Waals surface area (Å²) in [5.74, 6) is 2.37. The van der Waals surface area contributed by atoms with Gasteiger partial charge in [0.25, 0.3) is 0 Å². The van der Waals surface area contributed by atoms with Crippen molar-refractivity contribution >= 4 is 5.91 Å². The van der Waals surface area contributed by atoms with Gasteiger partial charge in [0.2, 0.25) is 5.91 Å². The second-order valence-corrected chi connectivity index (χ2v) is 10.2. The Morgan fingerprint density at radius 3 is 2.69 bits per heavy atom. The van der Waals surface area contributed by atoms with Gasteiger partial charge in [-0.15, -0.1) is 0 Å². The Balaban J connectivity index is 1.20. The number of rotatable bonds is 5. The Morgan fingerprint density at radius 2 is 1.96 bits per heavy atom. The number of ether oxygens (including phenoxy) is 1. The smallest absolute Gasteiger partial charge is 0.226 e. The first-order chi connectivity index (χ1) is 12.5. The van der Waals surface area contributed by atoms with Crippen molar-refractivity contribution in [1.82, 2.24) is 15.1 Å². The van der Waals surface area contributed by atoms with Gasteiger partial charge in [-0.25, -0.2) is 0 Å². The molecule has 5 nitrogen and oxygen atoms in total. The van der Waals surface area contributed by atoms with Gasteiger partial charge in [-0.3, -0.25) is 9.69 Å². The Labute approximate surface area is 157 Å². The van der Waals surface area contributed by atoms with Gasteiger partial charge in [0.15, 0.2) is 0 Å². The van der Waals surface area contributed by atoms with Crippen molar-refractivity contribution in [2.45, 2.75) is 57.2 Å². The maximum Gasteiger partial charge on any atom is 0.226 e. The van der Waals surface area contributed by atoms with Crippen LogP contribution in [0, 0.1) is 23.2 Å². The molecule has 4 aliphatic heterocycles. The van der Waals surface area contributed by atoms with Crippen molar-refractivity contribution in [3.63, 3.8) is 0 Å². The molecular weight excluding hydrogens is 326 g/mol. The third-order valence-electron chi connectivity index (χ3n) is 8.20. The van der Waals surface area contributed by atoms with Crippen LogP contribution in [0.5, 0.6) is 0 Å². The van der Waals surface area contributed by atoms with Crippen LogP contribution in [0.3, 0.4) is 0 Å². The third kappa shape index (κ3) is 2.91. The number of nitrogens with one attached hydrogen (secondary N) is 1. The molecule has 1 saturated carbocycles. The summed E-state index contributed by atoms with van der Waals surface area (Å²) < 4.78 is 6.55. The van der Waals surface area contributed by atoms with E-state index in [0.29, 0.717) is 17.9 Å². The fourth-order valence-corrected chi connectivity index (χ4v) is 6.13. The highest BCUT2D eigenvalue weighted by molar-refractivity contribution is 5.82. The molecule has 1 amide bonds. The van der Waals surface area contributed by atoms with Crippen molar-refractivity contribution in [2.75, 3.05) is 46.3 Å². The normalized spacial score (nSPS) is 42.2. The van der Waals surface area contributed by atoms with E-state index in [1.165, 1.54) is 38.8 Å². The number of hydrogen-bond acceptors (Lipinski definition) is 4. The first-order valence-corrected chi connectivity index (χ1v) is 10.8. The zero-order chi connectivity index (χ0) is 17.9. The van der Waals surface area contributed by atoms with Crippen LogP contribution in [0.25, 0.3) is 0 Å². The molecule has 5 rings (SSSR count). The van der Waals surface area contributed by atoms with Crippen LogP contribution in [-0.2, 0) is 9.53 Å². The van der Waals surface area contributed by atoms with Crippen molar-refractivity contribution in [2.24, 2.45) is 23.2 Å². The average Bonchev–Trinajstić information content (AvgIpc) is 3.11. The highest BCUT2D eigenvalue weighted by Gasteiger charge is 2.62. The zero-order valence-electron chi connectivity index (χ0n) is 16.5. The molecule has 1 spiro atoms. The summed E-state index contributed by atoms with van der Waals surface area (Å²) in [6, 6.07) is 0. The van der Waals surface area contributed by atoms with Gasteiger partial charge >= 0.3 is 0 Å². The minimum atomic E-state index is -0.184. The summed E-state index contributed by atoms with van der Waals surface area (Å²) in [7, 11) is 2.15. The van der Waals surface area contributed by atoms with E-state index in [2.05, 4.69) is 29.1 Å². The molecule has 0 unspecified atom stereocenters. The topological polar surface area (TPSA) is 44.8 Å². The average molecular weight is 362 g/mol. The minimum absolute atomic E-state index is 0.117. The summed E-state index contributed by atoms with van der Waals surface area (Å²) in [4.78, 5) is 17.9. The van der Waals surface area contributed by atoms with Crippen LogP contribution >= 0.6 is 0 Å². The largest absolute Gasteiger partial charge is 0.370 e. The van der Waals surface area contributed by atoms with Gasteiger partial charge in [-0.1, -0.05) is 6.92 Å². The number of likely N-dealkylation sites (tertiary alicyclic amines) is 2. The van der Waals surface area contributed by atoms with Crippen LogP contribution in [0.15, 0.2) is 0 Å². The number of carbonyl (C=O) groups excluding carboxylic acids is 1. The lowest BCUT2D eigenvalue weighted by Gasteiger charge is -2.37. The van der Waals surface area contributed by atoms with Gasteiger partial charge in [-0.05, 0) is 64.6 Å². The molecule has 5 heteroatoms. The van der Waals surface area contributed by atoms with Gasteiger partial charge in [0.1, 0.15) is 0 Å². The molecule has 4 heterocycles. The standard InChI is InChI=1S/C21H35N3O2/c1-20(7-9-23(2)10-8-20)19(25)22-11-16-17-13-24(12-15-3-4-15)14-21(17)6-5-18(16)26-21/h15-18H,3-14H2,1-2H3,(H,22,25)/t16-,17+,18+,21+/m0/s1. The number of piperidine rings is 1. The van der Waals surface area contributed by atoms with Crippen LogP contribution in [-0.4, -0.2) is 73.7 Å². The highest BCUT2D eigenvalue weighted by atomic mass is 16.5. The van der Waals surface area contributed by atoms with E-state index in [-0.39, 0.29) is 16.9 Å². The molecule has 146 valence electrons. The Bertz CT molecular complexity index is 570. The van der Waals surface area contributed by atoms with Crippen molar-refractivity contribution in [3.05, 3.63) is 0 Å². The summed E-state index contributed by atoms with van der Waals surface area (Å²) >= 11 is 0. The monoisotopic (exact) mass is 361 g/mol. The quantitative estimate of drug-likeness (QED) is 0.810. The summed E-state index contributed by atoms with van der Waals surface area (Å²) in [5.41, 5.74) is -0.0667. The second-order valence-electron chi connectivity index (χ2n) is 10.2. The van der Waals surface area contributed by atoms with E-state index < -0.39 is 0 Å². The van der Waals surface area contributed by atoms with Gasteiger partial charge < -0.3 is 15.0 Å². The summed E-state index contributed by atoms with van der Waals surface area (Å²) in [6.45, 7) is 8.63.